The fourth-order valence-corrected chi connectivity index (χ4v) is 3.53. The van der Waals surface area contributed by atoms with Crippen LogP contribution in [0.3, 0.4) is 0 Å². The van der Waals surface area contributed by atoms with Crippen LogP contribution in [0.5, 0.6) is 0 Å². The lowest BCUT2D eigenvalue weighted by molar-refractivity contribution is 0.0695. The van der Waals surface area contributed by atoms with Gasteiger partial charge in [-0.25, -0.2) is 0 Å². The van der Waals surface area contributed by atoms with E-state index in [1.165, 1.54) is 0 Å². The predicted octanol–water partition coefficient (Wildman–Crippen LogP) is 4.07. The van der Waals surface area contributed by atoms with E-state index in [0.717, 1.165) is 40.9 Å². The van der Waals surface area contributed by atoms with E-state index in [1.54, 1.807) is 17.2 Å². The summed E-state index contributed by atoms with van der Waals surface area (Å²) in [6, 6.07) is 8.11. The van der Waals surface area contributed by atoms with Crippen LogP contribution in [-0.2, 0) is 6.42 Å². The number of carbonyl (C=O) groups is 1. The molecule has 1 atom stereocenters. The molecule has 0 aliphatic heterocycles. The third-order valence-corrected chi connectivity index (χ3v) is 5.48. The summed E-state index contributed by atoms with van der Waals surface area (Å²) in [6.07, 6.45) is 6.85. The molecule has 152 valence electrons. The molecule has 1 aromatic carbocycles. The van der Waals surface area contributed by atoms with E-state index in [2.05, 4.69) is 34.2 Å². The highest BCUT2D eigenvalue weighted by molar-refractivity contribution is 5.98. The van der Waals surface area contributed by atoms with E-state index in [4.69, 9.17) is 0 Å². The number of aryl methyl sites for hydroxylation is 3. The molecular weight excluding hydrogens is 362 g/mol. The van der Waals surface area contributed by atoms with Gasteiger partial charge in [-0.2, -0.15) is 15.0 Å². The summed E-state index contributed by atoms with van der Waals surface area (Å²) in [6.45, 7) is 10.8. The Morgan fingerprint density at radius 1 is 1.10 bits per heavy atom. The average molecular weight is 392 g/mol. The SMILES string of the molecule is CCN(C(=O)c1ccc(C)c(C)c1-n1nccn1)[C@@H](C)CCc1ccc(C)cn1. The van der Waals surface area contributed by atoms with Crippen molar-refractivity contribution >= 4 is 5.91 Å². The Labute approximate surface area is 172 Å². The Bertz CT molecular complexity index is 964. The largest absolute Gasteiger partial charge is 0.336 e. The zero-order valence-electron chi connectivity index (χ0n) is 17.9. The smallest absolute Gasteiger partial charge is 0.256 e. The van der Waals surface area contributed by atoms with Crippen LogP contribution in [-0.4, -0.2) is 43.4 Å². The van der Waals surface area contributed by atoms with Crippen LogP contribution >= 0.6 is 0 Å². The van der Waals surface area contributed by atoms with Crippen LogP contribution in [0.4, 0.5) is 0 Å². The minimum Gasteiger partial charge on any atom is -0.336 e. The first kappa shape index (κ1) is 20.7. The molecule has 0 spiro atoms. The maximum atomic E-state index is 13.5. The maximum absolute atomic E-state index is 13.5. The summed E-state index contributed by atoms with van der Waals surface area (Å²) >= 11 is 0. The number of carbonyl (C=O) groups excluding carboxylic acids is 1. The third kappa shape index (κ3) is 4.53. The van der Waals surface area contributed by atoms with E-state index in [-0.39, 0.29) is 11.9 Å². The number of rotatable bonds is 7. The van der Waals surface area contributed by atoms with Crippen molar-refractivity contribution in [2.75, 3.05) is 6.54 Å². The number of hydrogen-bond donors (Lipinski definition) is 0. The summed E-state index contributed by atoms with van der Waals surface area (Å²) in [5.41, 5.74) is 5.72. The maximum Gasteiger partial charge on any atom is 0.256 e. The Morgan fingerprint density at radius 2 is 1.83 bits per heavy atom. The number of nitrogens with zero attached hydrogens (tertiary/aromatic N) is 5. The van der Waals surface area contributed by atoms with Crippen molar-refractivity contribution in [2.45, 2.75) is 53.5 Å². The monoisotopic (exact) mass is 391 g/mol. The lowest BCUT2D eigenvalue weighted by Crippen LogP contribution is -2.39. The van der Waals surface area contributed by atoms with Crippen molar-refractivity contribution in [3.63, 3.8) is 0 Å². The van der Waals surface area contributed by atoms with Gasteiger partial charge in [0.25, 0.3) is 5.91 Å². The molecule has 29 heavy (non-hydrogen) atoms. The van der Waals surface area contributed by atoms with Crippen molar-refractivity contribution in [2.24, 2.45) is 0 Å². The van der Waals surface area contributed by atoms with Gasteiger partial charge in [-0.15, -0.1) is 0 Å². The summed E-state index contributed by atoms with van der Waals surface area (Å²) in [4.78, 5) is 21.4. The molecule has 2 aromatic heterocycles. The Morgan fingerprint density at radius 3 is 2.45 bits per heavy atom. The molecule has 0 aliphatic carbocycles. The summed E-state index contributed by atoms with van der Waals surface area (Å²) in [7, 11) is 0. The first-order valence-electron chi connectivity index (χ1n) is 10.1. The van der Waals surface area contributed by atoms with Crippen LogP contribution in [0, 0.1) is 20.8 Å². The van der Waals surface area contributed by atoms with Crippen molar-refractivity contribution in [1.29, 1.82) is 0 Å². The quantitative estimate of drug-likeness (QED) is 0.609. The van der Waals surface area contributed by atoms with Crippen LogP contribution in [0.1, 0.15) is 53.0 Å². The zero-order chi connectivity index (χ0) is 21.0. The topological polar surface area (TPSA) is 63.9 Å². The molecule has 6 heteroatoms. The van der Waals surface area contributed by atoms with Gasteiger partial charge in [-0.1, -0.05) is 12.1 Å². The van der Waals surface area contributed by atoms with Gasteiger partial charge in [-0.05, 0) is 76.3 Å². The highest BCUT2D eigenvalue weighted by Crippen LogP contribution is 2.24. The van der Waals surface area contributed by atoms with E-state index < -0.39 is 0 Å². The van der Waals surface area contributed by atoms with Crippen molar-refractivity contribution in [3.8, 4) is 5.69 Å². The summed E-state index contributed by atoms with van der Waals surface area (Å²) in [5, 5.41) is 8.54. The molecule has 0 N–H and O–H groups in total. The summed E-state index contributed by atoms with van der Waals surface area (Å²) < 4.78 is 0. The highest BCUT2D eigenvalue weighted by atomic mass is 16.2. The first-order valence-corrected chi connectivity index (χ1v) is 10.1. The highest BCUT2D eigenvalue weighted by Gasteiger charge is 2.25. The van der Waals surface area contributed by atoms with Crippen LogP contribution in [0.25, 0.3) is 5.69 Å². The van der Waals surface area contributed by atoms with Gasteiger partial charge < -0.3 is 4.90 Å². The number of hydrogen-bond acceptors (Lipinski definition) is 4. The minimum atomic E-state index is 0.00673. The van der Waals surface area contributed by atoms with Gasteiger partial charge in [-0.3, -0.25) is 9.78 Å². The fourth-order valence-electron chi connectivity index (χ4n) is 3.53. The van der Waals surface area contributed by atoms with Gasteiger partial charge in [0.2, 0.25) is 0 Å². The fraction of sp³-hybridized carbons (Fsp3) is 0.391. The molecule has 1 amide bonds. The second-order valence-electron chi connectivity index (χ2n) is 7.53. The van der Waals surface area contributed by atoms with Gasteiger partial charge in [0.15, 0.2) is 0 Å². The van der Waals surface area contributed by atoms with Crippen LogP contribution < -0.4 is 0 Å². The predicted molar refractivity (Wildman–Crippen MR) is 114 cm³/mol. The van der Waals surface area contributed by atoms with Gasteiger partial charge in [0.1, 0.15) is 5.69 Å². The van der Waals surface area contributed by atoms with Crippen molar-refractivity contribution in [1.82, 2.24) is 24.9 Å². The number of aromatic nitrogens is 4. The van der Waals surface area contributed by atoms with E-state index in [0.29, 0.717) is 12.1 Å². The molecule has 2 heterocycles. The number of amides is 1. The average Bonchev–Trinajstić information content (AvgIpc) is 3.24. The second-order valence-corrected chi connectivity index (χ2v) is 7.53. The van der Waals surface area contributed by atoms with Gasteiger partial charge in [0.05, 0.1) is 18.0 Å². The number of benzene rings is 1. The van der Waals surface area contributed by atoms with Crippen molar-refractivity contribution < 1.29 is 4.79 Å². The Hall–Kier alpha value is -3.02. The Balaban J connectivity index is 1.84. The summed E-state index contributed by atoms with van der Waals surface area (Å²) in [5.74, 6) is 0.00673. The molecule has 3 aromatic rings. The molecule has 0 aliphatic rings. The number of pyridine rings is 1. The molecule has 0 saturated carbocycles. The van der Waals surface area contributed by atoms with Crippen LogP contribution in [0.2, 0.25) is 0 Å². The normalized spacial score (nSPS) is 12.0. The molecule has 3 rings (SSSR count). The molecule has 0 fully saturated rings. The first-order chi connectivity index (χ1) is 13.9. The molecule has 0 bridgehead atoms. The second kappa shape index (κ2) is 8.99. The molecule has 6 nitrogen and oxygen atoms in total. The molecule has 0 saturated heterocycles. The van der Waals surface area contributed by atoms with E-state index in [9.17, 15) is 4.79 Å². The Kier molecular flexibility index (Phi) is 6.42. The minimum absolute atomic E-state index is 0.00673. The van der Waals surface area contributed by atoms with E-state index in [1.807, 2.05) is 50.9 Å². The van der Waals surface area contributed by atoms with Gasteiger partial charge >= 0.3 is 0 Å². The molecular formula is C23H29N5O. The zero-order valence-corrected chi connectivity index (χ0v) is 17.9. The lowest BCUT2D eigenvalue weighted by atomic mass is 10.0. The van der Waals surface area contributed by atoms with Gasteiger partial charge in [0, 0.05) is 24.5 Å². The van der Waals surface area contributed by atoms with Crippen LogP contribution in [0.15, 0.2) is 42.9 Å². The standard InChI is InChI=1S/C23H29N5O/c1-6-27(18(4)9-11-20-10-7-16(2)15-24-20)23(29)21-12-8-17(3)19(5)22(21)28-25-13-14-26-28/h7-8,10,12-15,18H,6,9,11H2,1-5H3/t18-/m0/s1. The lowest BCUT2D eigenvalue weighted by Gasteiger charge is -2.29. The molecule has 0 unspecified atom stereocenters. The molecule has 0 radical (unpaired) electrons. The van der Waals surface area contributed by atoms with Crippen molar-refractivity contribution in [3.05, 3.63) is 70.8 Å². The third-order valence-electron chi connectivity index (χ3n) is 5.48. The van der Waals surface area contributed by atoms with E-state index >= 15 is 0 Å².